The highest BCUT2D eigenvalue weighted by atomic mass is 16.6. The van der Waals surface area contributed by atoms with Gasteiger partial charge in [0.05, 0.1) is 11.6 Å². The Hall–Kier alpha value is -1.78. The van der Waals surface area contributed by atoms with E-state index in [1.54, 1.807) is 25.3 Å². The van der Waals surface area contributed by atoms with Crippen LogP contribution in [-0.2, 0) is 4.74 Å². The molecule has 0 radical (unpaired) electrons. The van der Waals surface area contributed by atoms with E-state index < -0.39 is 5.60 Å². The predicted octanol–water partition coefficient (Wildman–Crippen LogP) is 3.34. The first-order valence-electron chi connectivity index (χ1n) is 6.40. The van der Waals surface area contributed by atoms with E-state index in [2.05, 4.69) is 10.2 Å². The van der Waals surface area contributed by atoms with Crippen LogP contribution in [0.1, 0.15) is 50.4 Å². The van der Waals surface area contributed by atoms with Crippen molar-refractivity contribution in [2.45, 2.75) is 51.7 Å². The van der Waals surface area contributed by atoms with Crippen molar-refractivity contribution in [3.05, 3.63) is 35.0 Å². The average molecular weight is 264 g/mol. The molecule has 0 spiro atoms. The second kappa shape index (κ2) is 6.97. The zero-order valence-electron chi connectivity index (χ0n) is 11.6. The molecule has 0 saturated heterocycles. The highest BCUT2D eigenvalue weighted by Gasteiger charge is 2.23. The molecule has 104 valence electrons. The summed E-state index contributed by atoms with van der Waals surface area (Å²) in [6, 6.07) is 3.18. The fourth-order valence-electron chi connectivity index (χ4n) is 1.72. The lowest BCUT2D eigenvalue weighted by atomic mass is 9.99. The molecule has 0 N–H and O–H groups in total. The number of aromatic nitrogens is 1. The standard InChI is InChI=1S/C14H20N2O3/c1-11(16-18)6-4-8-14(2,3)19-13(17)12-7-5-9-15-10-12/h5,7,9-11H,4,6,8H2,1-3H3. The van der Waals surface area contributed by atoms with Crippen molar-refractivity contribution in [3.63, 3.8) is 0 Å². The highest BCUT2D eigenvalue weighted by molar-refractivity contribution is 5.89. The van der Waals surface area contributed by atoms with Gasteiger partial charge in [0.2, 0.25) is 0 Å². The van der Waals surface area contributed by atoms with Crippen LogP contribution in [0.5, 0.6) is 0 Å². The number of rotatable bonds is 7. The Kier molecular flexibility index (Phi) is 5.60. The van der Waals surface area contributed by atoms with Gasteiger partial charge in [0.1, 0.15) is 5.60 Å². The zero-order valence-corrected chi connectivity index (χ0v) is 11.6. The van der Waals surface area contributed by atoms with Crippen LogP contribution in [0.3, 0.4) is 0 Å². The third-order valence-electron chi connectivity index (χ3n) is 2.85. The van der Waals surface area contributed by atoms with Crippen molar-refractivity contribution in [1.29, 1.82) is 0 Å². The van der Waals surface area contributed by atoms with E-state index in [1.807, 2.05) is 13.8 Å². The summed E-state index contributed by atoms with van der Waals surface area (Å²) < 4.78 is 5.45. The molecule has 0 fully saturated rings. The molecular formula is C14H20N2O3. The topological polar surface area (TPSA) is 68.6 Å². The van der Waals surface area contributed by atoms with Gasteiger partial charge < -0.3 is 4.74 Å². The second-order valence-electron chi connectivity index (χ2n) is 5.24. The van der Waals surface area contributed by atoms with Gasteiger partial charge >= 0.3 is 5.97 Å². The maximum atomic E-state index is 11.9. The highest BCUT2D eigenvalue weighted by Crippen LogP contribution is 2.20. The van der Waals surface area contributed by atoms with Gasteiger partial charge in [-0.05, 0) is 52.2 Å². The van der Waals surface area contributed by atoms with E-state index in [-0.39, 0.29) is 12.0 Å². The predicted molar refractivity (Wildman–Crippen MR) is 72.8 cm³/mol. The number of esters is 1. The lowest BCUT2D eigenvalue weighted by Gasteiger charge is -2.25. The zero-order chi connectivity index (χ0) is 14.3. The van der Waals surface area contributed by atoms with Gasteiger partial charge in [-0.25, -0.2) is 4.79 Å². The first-order valence-corrected chi connectivity index (χ1v) is 6.40. The Morgan fingerprint density at radius 1 is 1.53 bits per heavy atom. The van der Waals surface area contributed by atoms with E-state index >= 15 is 0 Å². The molecule has 1 unspecified atom stereocenters. The summed E-state index contributed by atoms with van der Waals surface area (Å²) in [7, 11) is 0. The van der Waals surface area contributed by atoms with Crippen molar-refractivity contribution in [1.82, 2.24) is 4.98 Å². The van der Waals surface area contributed by atoms with Crippen LogP contribution in [0.2, 0.25) is 0 Å². The second-order valence-corrected chi connectivity index (χ2v) is 5.24. The molecule has 5 heteroatoms. The number of hydrogen-bond acceptors (Lipinski definition) is 5. The number of pyridine rings is 1. The molecule has 1 rings (SSSR count). The van der Waals surface area contributed by atoms with Gasteiger partial charge in [0.25, 0.3) is 0 Å². The van der Waals surface area contributed by atoms with E-state index in [1.165, 1.54) is 6.20 Å². The minimum atomic E-state index is -0.560. The quantitative estimate of drug-likeness (QED) is 0.559. The van der Waals surface area contributed by atoms with Crippen LogP contribution in [-0.4, -0.2) is 22.6 Å². The summed E-state index contributed by atoms with van der Waals surface area (Å²) in [5.74, 6) is -0.375. The molecule has 0 aliphatic carbocycles. The average Bonchev–Trinajstić information content (AvgIpc) is 2.38. The Balaban J connectivity index is 2.45. The molecule has 0 bridgehead atoms. The minimum Gasteiger partial charge on any atom is -0.456 e. The summed E-state index contributed by atoms with van der Waals surface area (Å²) in [5.41, 5.74) is -0.117. The fourth-order valence-corrected chi connectivity index (χ4v) is 1.72. The van der Waals surface area contributed by atoms with Crippen molar-refractivity contribution in [2.24, 2.45) is 5.18 Å². The van der Waals surface area contributed by atoms with Gasteiger partial charge in [-0.1, -0.05) is 5.18 Å². The molecule has 1 heterocycles. The monoisotopic (exact) mass is 264 g/mol. The van der Waals surface area contributed by atoms with Crippen molar-refractivity contribution >= 4 is 5.97 Å². The molecule has 1 aromatic heterocycles. The van der Waals surface area contributed by atoms with Gasteiger partial charge in [0, 0.05) is 12.4 Å². The van der Waals surface area contributed by atoms with E-state index in [0.29, 0.717) is 18.4 Å². The lowest BCUT2D eigenvalue weighted by molar-refractivity contribution is -0.00558. The summed E-state index contributed by atoms with van der Waals surface area (Å²) in [5, 5.41) is 2.95. The number of ether oxygens (including phenoxy) is 1. The number of nitroso groups, excluding NO2 is 1. The Labute approximate surface area is 113 Å². The van der Waals surface area contributed by atoms with Crippen LogP contribution in [0.15, 0.2) is 29.7 Å². The van der Waals surface area contributed by atoms with Crippen LogP contribution in [0.4, 0.5) is 0 Å². The van der Waals surface area contributed by atoms with E-state index in [4.69, 9.17) is 4.74 Å². The smallest absolute Gasteiger partial charge is 0.340 e. The van der Waals surface area contributed by atoms with Crippen LogP contribution in [0, 0.1) is 4.91 Å². The molecule has 1 atom stereocenters. The Morgan fingerprint density at radius 2 is 2.26 bits per heavy atom. The fraction of sp³-hybridized carbons (Fsp3) is 0.571. The first kappa shape index (κ1) is 15.3. The summed E-state index contributed by atoms with van der Waals surface area (Å²) in [4.78, 5) is 26.0. The minimum absolute atomic E-state index is 0.190. The van der Waals surface area contributed by atoms with Crippen molar-refractivity contribution in [3.8, 4) is 0 Å². The largest absolute Gasteiger partial charge is 0.456 e. The normalized spacial score (nSPS) is 12.8. The van der Waals surface area contributed by atoms with Crippen molar-refractivity contribution < 1.29 is 9.53 Å². The molecule has 5 nitrogen and oxygen atoms in total. The Bertz CT molecular complexity index is 418. The SMILES string of the molecule is CC(CCCC(C)(C)OC(=O)c1cccnc1)N=O. The van der Waals surface area contributed by atoms with Gasteiger partial charge in [-0.15, -0.1) is 0 Å². The molecule has 0 amide bonds. The third kappa shape index (κ3) is 5.59. The summed E-state index contributed by atoms with van der Waals surface area (Å²) in [6.07, 6.45) is 5.28. The molecule has 0 saturated carbocycles. The van der Waals surface area contributed by atoms with Gasteiger partial charge in [-0.2, -0.15) is 4.91 Å². The number of carbonyl (C=O) groups excluding carboxylic acids is 1. The molecule has 19 heavy (non-hydrogen) atoms. The molecule has 0 aliphatic heterocycles. The molecule has 0 aromatic carbocycles. The molecular weight excluding hydrogens is 244 g/mol. The maximum absolute atomic E-state index is 11.9. The van der Waals surface area contributed by atoms with Crippen LogP contribution < -0.4 is 0 Å². The van der Waals surface area contributed by atoms with E-state index in [0.717, 1.165) is 6.42 Å². The molecule has 1 aromatic rings. The van der Waals surface area contributed by atoms with Crippen LogP contribution in [0.25, 0.3) is 0 Å². The van der Waals surface area contributed by atoms with Gasteiger partial charge in [0.15, 0.2) is 0 Å². The van der Waals surface area contributed by atoms with Crippen LogP contribution >= 0.6 is 0 Å². The number of nitrogens with zero attached hydrogens (tertiary/aromatic N) is 2. The summed E-state index contributed by atoms with van der Waals surface area (Å²) >= 11 is 0. The first-order chi connectivity index (χ1) is 8.94. The summed E-state index contributed by atoms with van der Waals surface area (Å²) in [6.45, 7) is 5.50. The third-order valence-corrected chi connectivity index (χ3v) is 2.85. The van der Waals surface area contributed by atoms with Crippen molar-refractivity contribution in [2.75, 3.05) is 0 Å². The lowest BCUT2D eigenvalue weighted by Crippen LogP contribution is -2.28. The number of carbonyl (C=O) groups is 1. The maximum Gasteiger partial charge on any atom is 0.340 e. The Morgan fingerprint density at radius 3 is 2.84 bits per heavy atom. The molecule has 0 aliphatic rings. The van der Waals surface area contributed by atoms with Gasteiger partial charge in [-0.3, -0.25) is 4.98 Å². The van der Waals surface area contributed by atoms with E-state index in [9.17, 15) is 9.70 Å². The number of hydrogen-bond donors (Lipinski definition) is 0.